The lowest BCUT2D eigenvalue weighted by Gasteiger charge is -2.26. The van der Waals surface area contributed by atoms with Gasteiger partial charge in [-0.15, -0.1) is 0 Å². The van der Waals surface area contributed by atoms with Gasteiger partial charge in [-0.05, 0) is 37.0 Å². The minimum absolute atomic E-state index is 0.0273. The van der Waals surface area contributed by atoms with Gasteiger partial charge in [-0.2, -0.15) is 16.9 Å². The summed E-state index contributed by atoms with van der Waals surface area (Å²) in [7, 11) is 0. The summed E-state index contributed by atoms with van der Waals surface area (Å²) in [4.78, 5) is 23.8. The van der Waals surface area contributed by atoms with E-state index < -0.39 is 0 Å². The normalized spacial score (nSPS) is 22.5. The summed E-state index contributed by atoms with van der Waals surface area (Å²) >= 11 is 1.88. The standard InChI is InChI=1S/C19H23N5OS/c25-19-8-14-11-26-7-5-16(14)22-24(19)10-15-2-1-6-23(15)18-9-17(13-3-4-13)20-12-21-18/h8-9,12-13,15H,1-7,10-11H2. The molecule has 3 aliphatic rings. The van der Waals surface area contributed by atoms with Crippen molar-refractivity contribution in [2.45, 2.75) is 56.4 Å². The zero-order valence-corrected chi connectivity index (χ0v) is 15.6. The van der Waals surface area contributed by atoms with E-state index in [4.69, 9.17) is 5.10 Å². The molecule has 1 saturated carbocycles. The molecule has 4 heterocycles. The van der Waals surface area contributed by atoms with Gasteiger partial charge in [0.15, 0.2) is 0 Å². The van der Waals surface area contributed by atoms with E-state index in [-0.39, 0.29) is 11.6 Å². The van der Waals surface area contributed by atoms with Crippen molar-refractivity contribution in [1.82, 2.24) is 19.7 Å². The van der Waals surface area contributed by atoms with Crippen molar-refractivity contribution in [2.75, 3.05) is 17.2 Å². The van der Waals surface area contributed by atoms with E-state index >= 15 is 0 Å². The molecular weight excluding hydrogens is 346 g/mol. The predicted molar refractivity (Wildman–Crippen MR) is 103 cm³/mol. The first-order valence-corrected chi connectivity index (χ1v) is 10.7. The Morgan fingerprint density at radius 2 is 2.12 bits per heavy atom. The average Bonchev–Trinajstić information content (AvgIpc) is 3.42. The Labute approximate surface area is 157 Å². The highest BCUT2D eigenvalue weighted by atomic mass is 32.2. The first kappa shape index (κ1) is 16.3. The summed E-state index contributed by atoms with van der Waals surface area (Å²) < 4.78 is 1.68. The second kappa shape index (κ2) is 6.68. The minimum Gasteiger partial charge on any atom is -0.352 e. The largest absolute Gasteiger partial charge is 0.352 e. The first-order valence-electron chi connectivity index (χ1n) is 9.54. The van der Waals surface area contributed by atoms with Crippen LogP contribution in [0.1, 0.15) is 48.6 Å². The number of rotatable bonds is 4. The van der Waals surface area contributed by atoms with Crippen LogP contribution in [-0.4, -0.2) is 38.1 Å². The number of aromatic nitrogens is 4. The lowest BCUT2D eigenvalue weighted by molar-refractivity contribution is 0.479. The van der Waals surface area contributed by atoms with Crippen LogP contribution >= 0.6 is 11.8 Å². The molecule has 6 nitrogen and oxygen atoms in total. The Balaban J connectivity index is 1.39. The topological polar surface area (TPSA) is 63.9 Å². The minimum atomic E-state index is 0.0273. The van der Waals surface area contributed by atoms with Gasteiger partial charge < -0.3 is 4.90 Å². The Kier molecular flexibility index (Phi) is 4.19. The SMILES string of the molecule is O=c1cc2c(nn1CC1CCCN1c1cc(C3CC3)ncn1)CCSC2. The number of fused-ring (bicyclic) bond motifs is 1. The van der Waals surface area contributed by atoms with Crippen LogP contribution in [0.25, 0.3) is 0 Å². The summed E-state index contributed by atoms with van der Waals surface area (Å²) in [6.45, 7) is 1.63. The second-order valence-electron chi connectivity index (χ2n) is 7.50. The molecular formula is C19H23N5OS. The van der Waals surface area contributed by atoms with Crippen molar-refractivity contribution in [3.63, 3.8) is 0 Å². The fraction of sp³-hybridized carbons (Fsp3) is 0.579. The quantitative estimate of drug-likeness (QED) is 0.824. The van der Waals surface area contributed by atoms with Gasteiger partial charge >= 0.3 is 0 Å². The molecule has 2 aromatic rings. The molecule has 1 aliphatic carbocycles. The second-order valence-corrected chi connectivity index (χ2v) is 8.61. The summed E-state index contributed by atoms with van der Waals surface area (Å²) in [5.41, 5.74) is 3.42. The molecule has 2 fully saturated rings. The van der Waals surface area contributed by atoms with E-state index in [1.54, 1.807) is 17.1 Å². The van der Waals surface area contributed by atoms with Gasteiger partial charge in [0, 0.05) is 42.5 Å². The highest BCUT2D eigenvalue weighted by Gasteiger charge is 2.30. The maximum Gasteiger partial charge on any atom is 0.267 e. The van der Waals surface area contributed by atoms with Gasteiger partial charge in [-0.3, -0.25) is 4.79 Å². The molecule has 0 amide bonds. The van der Waals surface area contributed by atoms with Crippen molar-refractivity contribution < 1.29 is 0 Å². The summed E-state index contributed by atoms with van der Waals surface area (Å²) in [6.07, 6.45) is 7.34. The number of thioether (sulfide) groups is 1. The van der Waals surface area contributed by atoms with Crippen LogP contribution < -0.4 is 10.5 Å². The fourth-order valence-corrected chi connectivity index (χ4v) is 4.98. The summed E-state index contributed by atoms with van der Waals surface area (Å²) in [5, 5.41) is 4.69. The molecule has 7 heteroatoms. The van der Waals surface area contributed by atoms with Gasteiger partial charge in [0.1, 0.15) is 12.1 Å². The molecule has 1 saturated heterocycles. The average molecular weight is 369 g/mol. The number of hydrogen-bond donors (Lipinski definition) is 0. The lowest BCUT2D eigenvalue weighted by Crippen LogP contribution is -2.38. The molecule has 5 rings (SSSR count). The van der Waals surface area contributed by atoms with E-state index in [1.807, 2.05) is 11.8 Å². The Morgan fingerprint density at radius 3 is 3.00 bits per heavy atom. The highest BCUT2D eigenvalue weighted by Crippen LogP contribution is 2.40. The predicted octanol–water partition coefficient (Wildman–Crippen LogP) is 2.37. The van der Waals surface area contributed by atoms with Crippen LogP contribution in [-0.2, 0) is 18.7 Å². The van der Waals surface area contributed by atoms with Gasteiger partial charge in [0.2, 0.25) is 0 Å². The van der Waals surface area contributed by atoms with Crippen LogP contribution in [0, 0.1) is 0 Å². The fourth-order valence-electron chi connectivity index (χ4n) is 4.03. The van der Waals surface area contributed by atoms with Gasteiger partial charge in [-0.1, -0.05) is 0 Å². The van der Waals surface area contributed by atoms with Crippen molar-refractivity contribution in [3.05, 3.63) is 45.8 Å². The van der Waals surface area contributed by atoms with Crippen molar-refractivity contribution in [3.8, 4) is 0 Å². The van der Waals surface area contributed by atoms with Gasteiger partial charge in [0.05, 0.1) is 18.3 Å². The maximum atomic E-state index is 12.5. The van der Waals surface area contributed by atoms with Crippen LogP contribution in [0.3, 0.4) is 0 Å². The molecule has 1 unspecified atom stereocenters. The highest BCUT2D eigenvalue weighted by molar-refractivity contribution is 7.98. The molecule has 0 radical (unpaired) electrons. The third kappa shape index (κ3) is 3.13. The van der Waals surface area contributed by atoms with E-state index in [9.17, 15) is 4.79 Å². The molecule has 136 valence electrons. The first-order chi connectivity index (χ1) is 12.8. The summed E-state index contributed by atoms with van der Waals surface area (Å²) in [5.74, 6) is 3.64. The van der Waals surface area contributed by atoms with Gasteiger partial charge in [-0.25, -0.2) is 14.6 Å². The zero-order chi connectivity index (χ0) is 17.5. The number of aryl methyl sites for hydroxylation is 1. The molecule has 0 spiro atoms. The third-order valence-electron chi connectivity index (χ3n) is 5.63. The van der Waals surface area contributed by atoms with Crippen LogP contribution in [0.2, 0.25) is 0 Å². The van der Waals surface area contributed by atoms with Gasteiger partial charge in [0.25, 0.3) is 5.56 Å². The third-order valence-corrected chi connectivity index (χ3v) is 6.64. The number of anilines is 1. The van der Waals surface area contributed by atoms with E-state index in [1.165, 1.54) is 18.5 Å². The van der Waals surface area contributed by atoms with Crippen molar-refractivity contribution in [2.24, 2.45) is 0 Å². The monoisotopic (exact) mass is 369 g/mol. The molecule has 26 heavy (non-hydrogen) atoms. The molecule has 0 N–H and O–H groups in total. The molecule has 2 aromatic heterocycles. The molecule has 2 aliphatic heterocycles. The summed E-state index contributed by atoms with van der Waals surface area (Å²) in [6, 6.07) is 4.22. The number of hydrogen-bond acceptors (Lipinski definition) is 6. The Morgan fingerprint density at radius 1 is 1.19 bits per heavy atom. The van der Waals surface area contributed by atoms with Crippen LogP contribution in [0.4, 0.5) is 5.82 Å². The maximum absolute atomic E-state index is 12.5. The van der Waals surface area contributed by atoms with Crippen molar-refractivity contribution >= 4 is 17.6 Å². The molecule has 1 atom stereocenters. The van der Waals surface area contributed by atoms with Crippen LogP contribution in [0.15, 0.2) is 23.3 Å². The molecule has 0 bridgehead atoms. The van der Waals surface area contributed by atoms with E-state index in [0.717, 1.165) is 54.4 Å². The lowest BCUT2D eigenvalue weighted by atomic mass is 10.2. The Hall–Kier alpha value is -1.89. The van der Waals surface area contributed by atoms with Crippen LogP contribution in [0.5, 0.6) is 0 Å². The Bertz CT molecular complexity index is 878. The zero-order valence-electron chi connectivity index (χ0n) is 14.8. The molecule has 0 aromatic carbocycles. The van der Waals surface area contributed by atoms with Crippen molar-refractivity contribution in [1.29, 1.82) is 0 Å². The van der Waals surface area contributed by atoms with E-state index in [2.05, 4.69) is 20.9 Å². The smallest absolute Gasteiger partial charge is 0.267 e. The number of nitrogens with zero attached hydrogens (tertiary/aromatic N) is 5. The van der Waals surface area contributed by atoms with E-state index in [0.29, 0.717) is 12.5 Å².